The van der Waals surface area contributed by atoms with E-state index in [1.807, 2.05) is 12.3 Å². The second kappa shape index (κ2) is 8.60. The van der Waals surface area contributed by atoms with Gasteiger partial charge in [-0.25, -0.2) is 14.6 Å². The van der Waals surface area contributed by atoms with E-state index in [1.165, 1.54) is 6.20 Å². The van der Waals surface area contributed by atoms with Crippen molar-refractivity contribution < 1.29 is 5.11 Å². The zero-order valence-corrected chi connectivity index (χ0v) is 18.5. The molecule has 0 aromatic carbocycles. The molecule has 2 atom stereocenters. The molecule has 0 radical (unpaired) electrons. The quantitative estimate of drug-likeness (QED) is 0.481. The van der Waals surface area contributed by atoms with Crippen molar-refractivity contribution in [2.75, 3.05) is 5.32 Å². The fraction of sp³-hybridized carbons (Fsp3) is 0.391. The van der Waals surface area contributed by atoms with Crippen LogP contribution in [0.25, 0.3) is 28.1 Å². The summed E-state index contributed by atoms with van der Waals surface area (Å²) < 4.78 is 3.44. The Morgan fingerprint density at radius 3 is 2.79 bits per heavy atom. The number of rotatable bonds is 5. The Labute approximate surface area is 190 Å². The van der Waals surface area contributed by atoms with Crippen molar-refractivity contribution in [2.45, 2.75) is 57.7 Å². The van der Waals surface area contributed by atoms with E-state index in [0.29, 0.717) is 22.7 Å². The summed E-state index contributed by atoms with van der Waals surface area (Å²) in [5, 5.41) is 36.9. The first-order chi connectivity index (χ1) is 16.0. The van der Waals surface area contributed by atoms with E-state index in [1.54, 1.807) is 27.8 Å². The average Bonchev–Trinajstić information content (AvgIpc) is 3.46. The standard InChI is InChI=1S/C23H25N9O/c1-14(2)28-18-8-22(32-23-16(11-27-32)7-15(9-24)10-26-23)25-12-17(18)19-13-31(30-29-19)20-5-3-4-6-21(20)33/h7-8,10-14,20-21,33H,3-6H2,1-2H3,(H,25,28)/t20-,21+/m0/s1. The number of pyridine rings is 2. The number of hydrogen-bond donors (Lipinski definition) is 2. The van der Waals surface area contributed by atoms with Crippen LogP contribution in [0.5, 0.6) is 0 Å². The highest BCUT2D eigenvalue weighted by atomic mass is 16.3. The maximum absolute atomic E-state index is 10.4. The number of fused-ring (bicyclic) bond motifs is 1. The molecule has 33 heavy (non-hydrogen) atoms. The van der Waals surface area contributed by atoms with Crippen LogP contribution in [0.2, 0.25) is 0 Å². The summed E-state index contributed by atoms with van der Waals surface area (Å²) in [4.78, 5) is 9.01. The summed E-state index contributed by atoms with van der Waals surface area (Å²) in [5.41, 5.74) is 3.47. The summed E-state index contributed by atoms with van der Waals surface area (Å²) in [5.74, 6) is 0.601. The third kappa shape index (κ3) is 4.03. The molecule has 4 aromatic heterocycles. The van der Waals surface area contributed by atoms with Gasteiger partial charge in [-0.05, 0) is 32.8 Å². The fourth-order valence-corrected chi connectivity index (χ4v) is 4.31. The molecule has 0 bridgehead atoms. The molecule has 168 valence electrons. The van der Waals surface area contributed by atoms with Gasteiger partial charge in [-0.1, -0.05) is 18.1 Å². The first-order valence-electron chi connectivity index (χ1n) is 11.1. The minimum absolute atomic E-state index is 0.0476. The number of aliphatic hydroxyl groups is 1. The van der Waals surface area contributed by atoms with Crippen molar-refractivity contribution >= 4 is 16.7 Å². The Hall–Kier alpha value is -3.84. The largest absolute Gasteiger partial charge is 0.391 e. The number of nitriles is 1. The highest BCUT2D eigenvalue weighted by Crippen LogP contribution is 2.32. The van der Waals surface area contributed by atoms with Crippen LogP contribution in [-0.4, -0.2) is 52.0 Å². The van der Waals surface area contributed by atoms with Crippen LogP contribution in [0.15, 0.2) is 36.9 Å². The van der Waals surface area contributed by atoms with Crippen molar-refractivity contribution in [3.05, 3.63) is 42.5 Å². The van der Waals surface area contributed by atoms with Gasteiger partial charge in [-0.3, -0.25) is 0 Å². The normalized spacial score (nSPS) is 18.5. The molecule has 10 nitrogen and oxygen atoms in total. The molecule has 0 unspecified atom stereocenters. The smallest absolute Gasteiger partial charge is 0.164 e. The van der Waals surface area contributed by atoms with Gasteiger partial charge in [0.25, 0.3) is 0 Å². The van der Waals surface area contributed by atoms with E-state index in [2.05, 4.69) is 50.6 Å². The maximum atomic E-state index is 10.4. The van der Waals surface area contributed by atoms with Gasteiger partial charge in [-0.2, -0.15) is 15.0 Å². The van der Waals surface area contributed by atoms with E-state index in [9.17, 15) is 5.11 Å². The second-order valence-corrected chi connectivity index (χ2v) is 8.70. The predicted molar refractivity (Wildman–Crippen MR) is 123 cm³/mol. The molecular formula is C23H25N9O. The molecule has 1 aliphatic rings. The van der Waals surface area contributed by atoms with E-state index in [4.69, 9.17) is 5.26 Å². The van der Waals surface area contributed by atoms with Crippen LogP contribution < -0.4 is 5.32 Å². The van der Waals surface area contributed by atoms with Crippen LogP contribution in [0.1, 0.15) is 51.1 Å². The molecule has 0 spiro atoms. The minimum Gasteiger partial charge on any atom is -0.391 e. The van der Waals surface area contributed by atoms with Crippen LogP contribution in [-0.2, 0) is 0 Å². The van der Waals surface area contributed by atoms with Gasteiger partial charge >= 0.3 is 0 Å². The molecule has 4 heterocycles. The van der Waals surface area contributed by atoms with Gasteiger partial charge < -0.3 is 10.4 Å². The summed E-state index contributed by atoms with van der Waals surface area (Å²) >= 11 is 0. The SMILES string of the molecule is CC(C)Nc1cc(-n2ncc3cc(C#N)cnc32)ncc1-c1cn([C@H]2CCCC[C@H]2O)nn1. The predicted octanol–water partition coefficient (Wildman–Crippen LogP) is 3.24. The lowest BCUT2D eigenvalue weighted by molar-refractivity contribution is 0.0685. The lowest BCUT2D eigenvalue weighted by atomic mass is 9.93. The van der Waals surface area contributed by atoms with Crippen LogP contribution >= 0.6 is 0 Å². The molecule has 4 aromatic rings. The molecule has 10 heteroatoms. The molecule has 1 aliphatic carbocycles. The van der Waals surface area contributed by atoms with Crippen molar-refractivity contribution in [1.29, 1.82) is 5.26 Å². The maximum Gasteiger partial charge on any atom is 0.164 e. The first kappa shape index (κ1) is 21.0. The summed E-state index contributed by atoms with van der Waals surface area (Å²) in [6.45, 7) is 4.13. The third-order valence-corrected chi connectivity index (χ3v) is 5.91. The molecule has 0 amide bonds. The number of aromatic nitrogens is 7. The molecule has 0 aliphatic heterocycles. The Kier molecular flexibility index (Phi) is 5.48. The zero-order valence-electron chi connectivity index (χ0n) is 18.5. The third-order valence-electron chi connectivity index (χ3n) is 5.91. The van der Waals surface area contributed by atoms with Gasteiger partial charge in [0.2, 0.25) is 0 Å². The van der Waals surface area contributed by atoms with E-state index < -0.39 is 6.10 Å². The highest BCUT2D eigenvalue weighted by Gasteiger charge is 2.26. The Morgan fingerprint density at radius 2 is 2.00 bits per heavy atom. The van der Waals surface area contributed by atoms with Gasteiger partial charge in [0.1, 0.15) is 11.8 Å². The zero-order chi connectivity index (χ0) is 22.9. The lowest BCUT2D eigenvalue weighted by Crippen LogP contribution is -2.27. The average molecular weight is 444 g/mol. The minimum atomic E-state index is -0.399. The van der Waals surface area contributed by atoms with Gasteiger partial charge in [0.05, 0.1) is 30.1 Å². The van der Waals surface area contributed by atoms with Crippen molar-refractivity contribution in [3.63, 3.8) is 0 Å². The molecule has 0 saturated heterocycles. The topological polar surface area (TPSA) is 130 Å². The van der Waals surface area contributed by atoms with Gasteiger partial charge in [0.15, 0.2) is 11.5 Å². The van der Waals surface area contributed by atoms with Crippen molar-refractivity contribution in [3.8, 4) is 23.1 Å². The fourth-order valence-electron chi connectivity index (χ4n) is 4.31. The van der Waals surface area contributed by atoms with Crippen molar-refractivity contribution in [2.24, 2.45) is 0 Å². The first-order valence-corrected chi connectivity index (χ1v) is 11.1. The van der Waals surface area contributed by atoms with Crippen LogP contribution in [0, 0.1) is 11.3 Å². The molecule has 1 fully saturated rings. The Bertz CT molecular complexity index is 1330. The van der Waals surface area contributed by atoms with Crippen LogP contribution in [0.3, 0.4) is 0 Å². The van der Waals surface area contributed by atoms with E-state index in [0.717, 1.165) is 42.3 Å². The van der Waals surface area contributed by atoms with E-state index in [-0.39, 0.29) is 12.1 Å². The number of nitrogens with zero attached hydrogens (tertiary/aromatic N) is 8. The molecule has 5 rings (SSSR count). The summed E-state index contributed by atoms with van der Waals surface area (Å²) in [7, 11) is 0. The van der Waals surface area contributed by atoms with Crippen molar-refractivity contribution in [1.82, 2.24) is 34.7 Å². The molecule has 2 N–H and O–H groups in total. The summed E-state index contributed by atoms with van der Waals surface area (Å²) in [6.07, 6.45) is 10.2. The summed E-state index contributed by atoms with van der Waals surface area (Å²) in [6, 6.07) is 5.90. The number of nitrogens with one attached hydrogen (secondary N) is 1. The Balaban J connectivity index is 1.53. The van der Waals surface area contributed by atoms with Gasteiger partial charge in [0, 0.05) is 41.1 Å². The second-order valence-electron chi connectivity index (χ2n) is 8.70. The number of anilines is 1. The Morgan fingerprint density at radius 1 is 1.15 bits per heavy atom. The monoisotopic (exact) mass is 443 g/mol. The van der Waals surface area contributed by atoms with Crippen LogP contribution in [0.4, 0.5) is 5.69 Å². The highest BCUT2D eigenvalue weighted by molar-refractivity contribution is 5.79. The molecule has 1 saturated carbocycles. The molecular weight excluding hydrogens is 418 g/mol. The van der Waals surface area contributed by atoms with E-state index >= 15 is 0 Å². The lowest BCUT2D eigenvalue weighted by Gasteiger charge is -2.27. The number of aliphatic hydroxyl groups excluding tert-OH is 1. The number of hydrogen-bond acceptors (Lipinski definition) is 8. The van der Waals surface area contributed by atoms with Gasteiger partial charge in [-0.15, -0.1) is 5.10 Å².